The third kappa shape index (κ3) is 3.59. The van der Waals surface area contributed by atoms with Crippen LogP contribution < -0.4 is 16.6 Å². The fourth-order valence-corrected chi connectivity index (χ4v) is 2.68. The number of nitrogens with one attached hydrogen (secondary N) is 1. The molecule has 1 unspecified atom stereocenters. The van der Waals surface area contributed by atoms with E-state index >= 15 is 0 Å². The molecule has 148 valence electrons. The quantitative estimate of drug-likeness (QED) is 0.550. The molecule has 0 aliphatic heterocycles. The van der Waals surface area contributed by atoms with Crippen molar-refractivity contribution in [1.82, 2.24) is 24.0 Å². The minimum atomic E-state index is -1.04. The molecule has 0 spiro atoms. The molecule has 11 heteroatoms. The van der Waals surface area contributed by atoms with Crippen molar-refractivity contribution in [1.29, 1.82) is 0 Å². The lowest BCUT2D eigenvalue weighted by Gasteiger charge is -2.13. The molecule has 28 heavy (non-hydrogen) atoms. The van der Waals surface area contributed by atoms with Crippen LogP contribution in [-0.2, 0) is 41.5 Å². The number of aryl methyl sites for hydroxylation is 1. The molecule has 3 aromatic heterocycles. The third-order valence-corrected chi connectivity index (χ3v) is 4.21. The van der Waals surface area contributed by atoms with Crippen molar-refractivity contribution in [3.8, 4) is 0 Å². The fraction of sp³-hybridized carbons (Fsp3) is 0.353. The summed E-state index contributed by atoms with van der Waals surface area (Å²) in [5.41, 5.74) is -0.846. The zero-order valence-corrected chi connectivity index (χ0v) is 15.5. The number of ether oxygens (including phenoxy) is 1. The van der Waals surface area contributed by atoms with Crippen LogP contribution in [0, 0.1) is 0 Å². The Hall–Kier alpha value is -3.63. The maximum absolute atomic E-state index is 12.4. The van der Waals surface area contributed by atoms with Crippen molar-refractivity contribution in [2.75, 3.05) is 0 Å². The highest BCUT2D eigenvalue weighted by molar-refractivity contribution is 5.83. The van der Waals surface area contributed by atoms with Crippen LogP contribution in [0.4, 0.5) is 0 Å². The number of hydrogen-bond acceptors (Lipinski definition) is 7. The average Bonchev–Trinajstić information content (AvgIpc) is 3.32. The number of rotatable bonds is 6. The van der Waals surface area contributed by atoms with Crippen LogP contribution in [0.1, 0.15) is 12.7 Å². The number of carbonyl (C=O) groups excluding carboxylic acids is 2. The Balaban J connectivity index is 1.69. The van der Waals surface area contributed by atoms with E-state index in [-0.39, 0.29) is 24.3 Å². The number of aromatic nitrogens is 4. The number of fused-ring (bicyclic) bond motifs is 1. The number of furan rings is 1. The zero-order chi connectivity index (χ0) is 20.4. The summed E-state index contributed by atoms with van der Waals surface area (Å²) >= 11 is 0. The first-order valence-corrected chi connectivity index (χ1v) is 8.40. The van der Waals surface area contributed by atoms with Crippen LogP contribution in [0.5, 0.6) is 0 Å². The van der Waals surface area contributed by atoms with Crippen LogP contribution in [0.15, 0.2) is 38.7 Å². The molecule has 1 amide bonds. The molecule has 0 radical (unpaired) electrons. The number of amides is 1. The monoisotopic (exact) mass is 389 g/mol. The Labute approximate surface area is 158 Å². The molecule has 11 nitrogen and oxygen atoms in total. The molecule has 0 saturated heterocycles. The number of imidazole rings is 1. The largest absolute Gasteiger partial charge is 0.467 e. The van der Waals surface area contributed by atoms with Gasteiger partial charge in [0.1, 0.15) is 12.3 Å². The van der Waals surface area contributed by atoms with E-state index in [2.05, 4.69) is 10.3 Å². The van der Waals surface area contributed by atoms with Crippen molar-refractivity contribution in [2.24, 2.45) is 14.1 Å². The van der Waals surface area contributed by atoms with Gasteiger partial charge in [-0.1, -0.05) is 0 Å². The van der Waals surface area contributed by atoms with Gasteiger partial charge in [0.25, 0.3) is 11.5 Å². The lowest BCUT2D eigenvalue weighted by Crippen LogP contribution is -2.38. The van der Waals surface area contributed by atoms with Gasteiger partial charge in [0, 0.05) is 14.1 Å². The van der Waals surface area contributed by atoms with Crippen molar-refractivity contribution in [3.05, 3.63) is 51.3 Å². The summed E-state index contributed by atoms with van der Waals surface area (Å²) < 4.78 is 13.7. The van der Waals surface area contributed by atoms with Crippen LogP contribution in [0.3, 0.4) is 0 Å². The minimum absolute atomic E-state index is 0.0940. The lowest BCUT2D eigenvalue weighted by atomic mass is 10.3. The van der Waals surface area contributed by atoms with E-state index in [0.717, 1.165) is 4.57 Å². The van der Waals surface area contributed by atoms with Crippen molar-refractivity contribution in [2.45, 2.75) is 26.1 Å². The number of nitrogens with zero attached hydrogens (tertiary/aromatic N) is 4. The van der Waals surface area contributed by atoms with Gasteiger partial charge in [-0.05, 0) is 19.1 Å². The highest BCUT2D eigenvalue weighted by atomic mass is 16.5. The van der Waals surface area contributed by atoms with Gasteiger partial charge in [-0.25, -0.2) is 9.78 Å². The normalized spacial score (nSPS) is 12.1. The summed E-state index contributed by atoms with van der Waals surface area (Å²) in [7, 11) is 2.82. The maximum atomic E-state index is 12.4. The zero-order valence-electron chi connectivity index (χ0n) is 15.5. The van der Waals surface area contributed by atoms with E-state index in [1.807, 2.05) is 0 Å². The van der Waals surface area contributed by atoms with Crippen LogP contribution >= 0.6 is 0 Å². The number of hydrogen-bond donors (Lipinski definition) is 1. The van der Waals surface area contributed by atoms with Gasteiger partial charge < -0.3 is 19.0 Å². The van der Waals surface area contributed by atoms with E-state index in [1.54, 1.807) is 12.1 Å². The first-order chi connectivity index (χ1) is 13.3. The second-order valence-electron chi connectivity index (χ2n) is 6.18. The highest BCUT2D eigenvalue weighted by Crippen LogP contribution is 2.06. The summed E-state index contributed by atoms with van der Waals surface area (Å²) in [6.07, 6.45) is 1.72. The lowest BCUT2D eigenvalue weighted by molar-refractivity contribution is -0.155. The molecule has 1 N–H and O–H groups in total. The Kier molecular flexibility index (Phi) is 5.16. The molecular formula is C17H19N5O6. The molecule has 0 fully saturated rings. The standard InChI is InChI=1S/C17H19N5O6/c1-10(15(24)18-7-11-5-4-6-27-11)28-12(23)8-22-9-19-14-13(22)16(25)21(3)17(26)20(14)2/h4-6,9-10H,7-8H2,1-3H3,(H,18,24). The Bertz CT molecular complexity index is 1140. The highest BCUT2D eigenvalue weighted by Gasteiger charge is 2.20. The van der Waals surface area contributed by atoms with Crippen LogP contribution in [-0.4, -0.2) is 36.7 Å². The summed E-state index contributed by atoms with van der Waals surface area (Å²) in [5.74, 6) is -0.646. The number of esters is 1. The predicted octanol–water partition coefficient (Wildman–Crippen LogP) is -0.725. The van der Waals surface area contributed by atoms with Gasteiger partial charge in [0.2, 0.25) is 0 Å². The second kappa shape index (κ2) is 7.55. The summed E-state index contributed by atoms with van der Waals surface area (Å²) in [6.45, 7) is 1.27. The van der Waals surface area contributed by atoms with Crippen LogP contribution in [0.25, 0.3) is 11.2 Å². The van der Waals surface area contributed by atoms with E-state index in [9.17, 15) is 19.2 Å². The molecule has 0 bridgehead atoms. The topological polar surface area (TPSA) is 130 Å². The Morgan fingerprint density at radius 2 is 2.04 bits per heavy atom. The summed E-state index contributed by atoms with van der Waals surface area (Å²) in [6, 6.07) is 3.40. The molecule has 0 aliphatic carbocycles. The Morgan fingerprint density at radius 3 is 2.71 bits per heavy atom. The van der Waals surface area contributed by atoms with Crippen LogP contribution in [0.2, 0.25) is 0 Å². The molecule has 3 rings (SSSR count). The predicted molar refractivity (Wildman–Crippen MR) is 96.3 cm³/mol. The van der Waals surface area contributed by atoms with Gasteiger partial charge in [-0.15, -0.1) is 0 Å². The van der Waals surface area contributed by atoms with Crippen molar-refractivity contribution >= 4 is 23.0 Å². The van der Waals surface area contributed by atoms with E-state index < -0.39 is 29.2 Å². The van der Waals surface area contributed by atoms with Gasteiger partial charge >= 0.3 is 11.7 Å². The third-order valence-electron chi connectivity index (χ3n) is 4.21. The Morgan fingerprint density at radius 1 is 1.29 bits per heavy atom. The van der Waals surface area contributed by atoms with E-state index in [0.29, 0.717) is 5.76 Å². The molecule has 0 aromatic carbocycles. The molecule has 3 heterocycles. The molecule has 0 aliphatic rings. The van der Waals surface area contributed by atoms with Gasteiger partial charge in [-0.3, -0.25) is 23.5 Å². The van der Waals surface area contributed by atoms with E-state index in [4.69, 9.17) is 9.15 Å². The number of carbonyl (C=O) groups is 2. The molecule has 0 saturated carbocycles. The molecule has 3 aromatic rings. The van der Waals surface area contributed by atoms with Gasteiger partial charge in [-0.2, -0.15) is 0 Å². The smallest absolute Gasteiger partial charge is 0.332 e. The summed E-state index contributed by atoms with van der Waals surface area (Å²) in [4.78, 5) is 52.5. The first-order valence-electron chi connectivity index (χ1n) is 8.40. The first kappa shape index (κ1) is 19.1. The SMILES string of the molecule is CC(OC(=O)Cn1cnc2c1c(=O)n(C)c(=O)n2C)C(=O)NCc1ccco1. The molecular weight excluding hydrogens is 370 g/mol. The summed E-state index contributed by atoms with van der Waals surface area (Å²) in [5, 5.41) is 2.59. The minimum Gasteiger partial charge on any atom is -0.467 e. The van der Waals surface area contributed by atoms with Gasteiger partial charge in [0.15, 0.2) is 17.3 Å². The second-order valence-corrected chi connectivity index (χ2v) is 6.18. The van der Waals surface area contributed by atoms with Crippen molar-refractivity contribution in [3.63, 3.8) is 0 Å². The van der Waals surface area contributed by atoms with E-state index in [1.165, 1.54) is 42.7 Å². The van der Waals surface area contributed by atoms with Gasteiger partial charge in [0.05, 0.1) is 19.1 Å². The maximum Gasteiger partial charge on any atom is 0.332 e. The average molecular weight is 389 g/mol. The van der Waals surface area contributed by atoms with Crippen molar-refractivity contribution < 1.29 is 18.7 Å². The fourth-order valence-electron chi connectivity index (χ4n) is 2.68. The molecule has 1 atom stereocenters.